The van der Waals surface area contributed by atoms with Gasteiger partial charge in [-0.1, -0.05) is 17.3 Å². The highest BCUT2D eigenvalue weighted by atomic mass is 19.1. The number of piperidine rings is 1. The van der Waals surface area contributed by atoms with Gasteiger partial charge in [0.2, 0.25) is 5.60 Å². The minimum Gasteiger partial charge on any atom is -0.379 e. The quantitative estimate of drug-likeness (QED) is 0.842. The number of halogens is 1. The van der Waals surface area contributed by atoms with Crippen molar-refractivity contribution in [2.24, 2.45) is 5.16 Å². The van der Waals surface area contributed by atoms with E-state index in [0.717, 1.165) is 24.9 Å². The van der Waals surface area contributed by atoms with Crippen LogP contribution in [0.15, 0.2) is 29.4 Å². The zero-order valence-corrected chi connectivity index (χ0v) is 13.0. The summed E-state index contributed by atoms with van der Waals surface area (Å²) in [7, 11) is 0. The Morgan fingerprint density at radius 3 is 2.77 bits per heavy atom. The second kappa shape index (κ2) is 5.71. The molecule has 0 N–H and O–H groups in total. The first kappa shape index (κ1) is 15.0. The SMILES string of the molecule is C[C@H]1CCCCN1C(=O)[C@@]1(C)CC(c2ccc(F)cc2)=NO1. The molecule has 118 valence electrons. The van der Waals surface area contributed by atoms with E-state index in [1.807, 2.05) is 4.90 Å². The topological polar surface area (TPSA) is 41.9 Å². The third-order valence-corrected chi connectivity index (χ3v) is 4.56. The van der Waals surface area contributed by atoms with Crippen LogP contribution in [-0.4, -0.2) is 34.7 Å². The molecule has 0 spiro atoms. The zero-order chi connectivity index (χ0) is 15.7. The van der Waals surface area contributed by atoms with E-state index in [9.17, 15) is 9.18 Å². The molecule has 0 unspecified atom stereocenters. The first-order valence-electron chi connectivity index (χ1n) is 7.82. The summed E-state index contributed by atoms with van der Waals surface area (Å²) in [6, 6.07) is 6.36. The van der Waals surface area contributed by atoms with Gasteiger partial charge >= 0.3 is 0 Å². The van der Waals surface area contributed by atoms with Crippen molar-refractivity contribution in [3.8, 4) is 0 Å². The molecule has 1 saturated heterocycles. The average Bonchev–Trinajstić information content (AvgIpc) is 2.92. The number of carbonyl (C=O) groups is 1. The molecule has 5 heteroatoms. The Balaban J connectivity index is 1.73. The summed E-state index contributed by atoms with van der Waals surface area (Å²) in [6.45, 7) is 4.65. The number of carbonyl (C=O) groups excluding carboxylic acids is 1. The number of rotatable bonds is 2. The van der Waals surface area contributed by atoms with Gasteiger partial charge in [-0.05, 0) is 50.8 Å². The summed E-state index contributed by atoms with van der Waals surface area (Å²) >= 11 is 0. The third kappa shape index (κ3) is 2.72. The Morgan fingerprint density at radius 2 is 2.09 bits per heavy atom. The van der Waals surface area contributed by atoms with Crippen molar-refractivity contribution < 1.29 is 14.0 Å². The molecule has 0 bridgehead atoms. The summed E-state index contributed by atoms with van der Waals surface area (Å²) in [6.07, 6.45) is 3.66. The second-order valence-electron chi connectivity index (χ2n) is 6.39. The van der Waals surface area contributed by atoms with Crippen molar-refractivity contribution in [1.29, 1.82) is 0 Å². The zero-order valence-electron chi connectivity index (χ0n) is 13.0. The fourth-order valence-corrected chi connectivity index (χ4v) is 3.16. The van der Waals surface area contributed by atoms with Gasteiger partial charge in [-0.15, -0.1) is 0 Å². The number of hydrogen-bond donors (Lipinski definition) is 0. The van der Waals surface area contributed by atoms with Crippen LogP contribution < -0.4 is 0 Å². The molecule has 1 aromatic carbocycles. The Bertz CT molecular complexity index is 599. The highest BCUT2D eigenvalue weighted by Gasteiger charge is 2.45. The summed E-state index contributed by atoms with van der Waals surface area (Å²) in [4.78, 5) is 20.2. The van der Waals surface area contributed by atoms with E-state index in [-0.39, 0.29) is 17.8 Å². The summed E-state index contributed by atoms with van der Waals surface area (Å²) in [5, 5.41) is 4.08. The van der Waals surface area contributed by atoms with Gasteiger partial charge in [0.1, 0.15) is 5.82 Å². The largest absolute Gasteiger partial charge is 0.379 e. The van der Waals surface area contributed by atoms with Crippen LogP contribution in [0.5, 0.6) is 0 Å². The number of hydrogen-bond acceptors (Lipinski definition) is 3. The maximum Gasteiger partial charge on any atom is 0.269 e. The molecule has 2 heterocycles. The van der Waals surface area contributed by atoms with Crippen LogP contribution >= 0.6 is 0 Å². The minimum atomic E-state index is -0.949. The molecular weight excluding hydrogens is 283 g/mol. The molecule has 2 atom stereocenters. The van der Waals surface area contributed by atoms with Crippen LogP contribution in [0.3, 0.4) is 0 Å². The molecule has 2 aliphatic heterocycles. The van der Waals surface area contributed by atoms with E-state index in [2.05, 4.69) is 12.1 Å². The summed E-state index contributed by atoms with van der Waals surface area (Å²) in [5.41, 5.74) is 0.542. The second-order valence-corrected chi connectivity index (χ2v) is 6.39. The molecule has 22 heavy (non-hydrogen) atoms. The standard InChI is InChI=1S/C17H21FN2O2/c1-12-5-3-4-10-20(12)16(21)17(2)11-15(19-22-17)13-6-8-14(18)9-7-13/h6-9,12H,3-5,10-11H2,1-2H3/t12-,17+/m0/s1. The van der Waals surface area contributed by atoms with Crippen molar-refractivity contribution in [3.63, 3.8) is 0 Å². The lowest BCUT2D eigenvalue weighted by Crippen LogP contribution is -2.52. The predicted octanol–water partition coefficient (Wildman–Crippen LogP) is 3.11. The highest BCUT2D eigenvalue weighted by Crippen LogP contribution is 2.31. The monoisotopic (exact) mass is 304 g/mol. The Morgan fingerprint density at radius 1 is 1.36 bits per heavy atom. The van der Waals surface area contributed by atoms with Crippen LogP contribution in [0.1, 0.15) is 45.1 Å². The van der Waals surface area contributed by atoms with Gasteiger partial charge in [0.05, 0.1) is 5.71 Å². The van der Waals surface area contributed by atoms with E-state index in [1.54, 1.807) is 19.1 Å². The van der Waals surface area contributed by atoms with E-state index >= 15 is 0 Å². The molecule has 0 saturated carbocycles. The Hall–Kier alpha value is -1.91. The van der Waals surface area contributed by atoms with Crippen molar-refractivity contribution >= 4 is 11.6 Å². The molecule has 3 rings (SSSR count). The van der Waals surface area contributed by atoms with Crippen LogP contribution in [0.25, 0.3) is 0 Å². The van der Waals surface area contributed by atoms with E-state index in [0.29, 0.717) is 12.1 Å². The number of likely N-dealkylation sites (tertiary alicyclic amines) is 1. The number of benzene rings is 1. The van der Waals surface area contributed by atoms with Gasteiger partial charge in [0, 0.05) is 19.0 Å². The van der Waals surface area contributed by atoms with Crippen LogP contribution in [-0.2, 0) is 9.63 Å². The Labute approximate surface area is 129 Å². The maximum absolute atomic E-state index is 13.0. The van der Waals surface area contributed by atoms with Gasteiger partial charge in [-0.25, -0.2) is 4.39 Å². The molecule has 0 radical (unpaired) electrons. The lowest BCUT2D eigenvalue weighted by atomic mass is 9.92. The predicted molar refractivity (Wildman–Crippen MR) is 82.1 cm³/mol. The maximum atomic E-state index is 13.0. The third-order valence-electron chi connectivity index (χ3n) is 4.56. The molecule has 0 aliphatic carbocycles. The molecular formula is C17H21FN2O2. The molecule has 1 aromatic rings. The fraction of sp³-hybridized carbons (Fsp3) is 0.529. The summed E-state index contributed by atoms with van der Waals surface area (Å²) in [5.74, 6) is -0.287. The van der Waals surface area contributed by atoms with Crippen molar-refractivity contribution in [2.45, 2.75) is 51.2 Å². The smallest absolute Gasteiger partial charge is 0.269 e. The van der Waals surface area contributed by atoms with E-state index in [4.69, 9.17) is 4.84 Å². The average molecular weight is 304 g/mol. The van der Waals surface area contributed by atoms with Gasteiger partial charge in [0.15, 0.2) is 0 Å². The normalized spacial score (nSPS) is 28.2. The lowest BCUT2D eigenvalue weighted by Gasteiger charge is -2.37. The molecule has 1 amide bonds. The number of oxime groups is 1. The van der Waals surface area contributed by atoms with Crippen LogP contribution in [0.4, 0.5) is 4.39 Å². The fourth-order valence-electron chi connectivity index (χ4n) is 3.16. The summed E-state index contributed by atoms with van der Waals surface area (Å²) < 4.78 is 13.0. The Kier molecular flexibility index (Phi) is 3.89. The molecule has 2 aliphatic rings. The van der Waals surface area contributed by atoms with E-state index < -0.39 is 5.60 Å². The minimum absolute atomic E-state index is 0.000520. The van der Waals surface area contributed by atoms with Gasteiger partial charge in [0.25, 0.3) is 5.91 Å². The molecule has 1 fully saturated rings. The first-order valence-corrected chi connectivity index (χ1v) is 7.82. The van der Waals surface area contributed by atoms with Crippen LogP contribution in [0, 0.1) is 5.82 Å². The van der Waals surface area contributed by atoms with Gasteiger partial charge in [-0.2, -0.15) is 0 Å². The van der Waals surface area contributed by atoms with Crippen molar-refractivity contribution in [3.05, 3.63) is 35.6 Å². The highest BCUT2D eigenvalue weighted by molar-refractivity contribution is 6.05. The van der Waals surface area contributed by atoms with Gasteiger partial charge in [-0.3, -0.25) is 4.79 Å². The lowest BCUT2D eigenvalue weighted by molar-refractivity contribution is -0.156. The molecule has 4 nitrogen and oxygen atoms in total. The van der Waals surface area contributed by atoms with Crippen molar-refractivity contribution in [1.82, 2.24) is 4.90 Å². The van der Waals surface area contributed by atoms with Gasteiger partial charge < -0.3 is 9.74 Å². The van der Waals surface area contributed by atoms with E-state index in [1.165, 1.54) is 18.6 Å². The number of amides is 1. The van der Waals surface area contributed by atoms with Crippen LogP contribution in [0.2, 0.25) is 0 Å². The molecule has 0 aromatic heterocycles. The number of nitrogens with zero attached hydrogens (tertiary/aromatic N) is 2. The first-order chi connectivity index (χ1) is 10.5. The van der Waals surface area contributed by atoms with Crippen molar-refractivity contribution in [2.75, 3.05) is 6.54 Å².